The number of rotatable bonds is 5. The van der Waals surface area contributed by atoms with Gasteiger partial charge in [0.1, 0.15) is 0 Å². The van der Waals surface area contributed by atoms with Crippen molar-refractivity contribution in [2.45, 2.75) is 6.54 Å². The molecule has 27 heavy (non-hydrogen) atoms. The predicted octanol–water partition coefficient (Wildman–Crippen LogP) is 5.34. The zero-order valence-corrected chi connectivity index (χ0v) is 15.6. The smallest absolute Gasteiger partial charge is 0.276 e. The van der Waals surface area contributed by atoms with Crippen LogP contribution in [-0.2, 0) is 6.54 Å². The van der Waals surface area contributed by atoms with Crippen LogP contribution in [0.25, 0.3) is 21.8 Å². The van der Waals surface area contributed by atoms with Gasteiger partial charge in [-0.15, -0.1) is 11.3 Å². The minimum absolute atomic E-state index is 0.163. The van der Waals surface area contributed by atoms with E-state index >= 15 is 0 Å². The summed E-state index contributed by atoms with van der Waals surface area (Å²) in [6, 6.07) is 23.9. The van der Waals surface area contributed by atoms with Crippen LogP contribution in [0.15, 0.2) is 82.7 Å². The zero-order valence-electron chi connectivity index (χ0n) is 14.8. The zero-order chi connectivity index (χ0) is 18.6. The van der Waals surface area contributed by atoms with E-state index in [4.69, 9.17) is 4.52 Å². The first-order valence-electron chi connectivity index (χ1n) is 8.62. The van der Waals surface area contributed by atoms with Gasteiger partial charge in [-0.2, -0.15) is 0 Å². The van der Waals surface area contributed by atoms with Crippen LogP contribution >= 0.6 is 11.3 Å². The monoisotopic (exact) mass is 374 g/mol. The Morgan fingerprint density at radius 1 is 1.04 bits per heavy atom. The number of nitrogens with zero attached hydrogens (tertiary/aromatic N) is 2. The molecule has 134 valence electrons. The number of benzene rings is 2. The van der Waals surface area contributed by atoms with Crippen LogP contribution in [0.5, 0.6) is 0 Å². The third kappa shape index (κ3) is 3.68. The summed E-state index contributed by atoms with van der Waals surface area (Å²) in [5.74, 6) is 0.454. The molecule has 2 heterocycles. The number of amides is 1. The predicted molar refractivity (Wildman–Crippen MR) is 107 cm³/mol. The van der Waals surface area contributed by atoms with E-state index in [-0.39, 0.29) is 5.91 Å². The summed E-state index contributed by atoms with van der Waals surface area (Å²) in [5.41, 5.74) is 3.66. The van der Waals surface area contributed by atoms with Gasteiger partial charge in [-0.05, 0) is 28.1 Å². The van der Waals surface area contributed by atoms with Gasteiger partial charge in [0.25, 0.3) is 5.91 Å². The van der Waals surface area contributed by atoms with E-state index in [1.165, 1.54) is 0 Å². The van der Waals surface area contributed by atoms with Gasteiger partial charge in [-0.1, -0.05) is 65.8 Å². The van der Waals surface area contributed by atoms with Gasteiger partial charge in [-0.25, -0.2) is 0 Å². The number of carbonyl (C=O) groups is 1. The Bertz CT molecular complexity index is 1040. The maximum Gasteiger partial charge on any atom is 0.276 e. The highest BCUT2D eigenvalue weighted by atomic mass is 32.1. The van der Waals surface area contributed by atoms with Gasteiger partial charge in [0.2, 0.25) is 0 Å². The van der Waals surface area contributed by atoms with E-state index in [0.29, 0.717) is 18.0 Å². The number of aromatic nitrogens is 1. The summed E-state index contributed by atoms with van der Waals surface area (Å²) in [6.45, 7) is 0.491. The van der Waals surface area contributed by atoms with Gasteiger partial charge in [-0.3, -0.25) is 4.79 Å². The topological polar surface area (TPSA) is 46.3 Å². The summed E-state index contributed by atoms with van der Waals surface area (Å²) in [6.07, 6.45) is 0. The lowest BCUT2D eigenvalue weighted by atomic mass is 9.99. The molecule has 0 saturated carbocycles. The molecule has 0 aliphatic rings. The third-order valence-electron chi connectivity index (χ3n) is 4.35. The fourth-order valence-corrected chi connectivity index (χ4v) is 3.66. The molecule has 2 aromatic carbocycles. The summed E-state index contributed by atoms with van der Waals surface area (Å²) in [7, 11) is 1.78. The van der Waals surface area contributed by atoms with Crippen molar-refractivity contribution in [1.82, 2.24) is 10.1 Å². The van der Waals surface area contributed by atoms with E-state index in [2.05, 4.69) is 23.4 Å². The third-order valence-corrected chi connectivity index (χ3v) is 5.23. The minimum atomic E-state index is -0.163. The molecule has 0 fully saturated rings. The number of carbonyl (C=O) groups excluding carboxylic acids is 1. The summed E-state index contributed by atoms with van der Waals surface area (Å²) in [5, 5.41) is 5.92. The van der Waals surface area contributed by atoms with Crippen LogP contribution < -0.4 is 0 Å². The van der Waals surface area contributed by atoms with Crippen molar-refractivity contribution < 1.29 is 9.32 Å². The molecule has 4 aromatic rings. The fraction of sp³-hybridized carbons (Fsp3) is 0.0909. The van der Waals surface area contributed by atoms with Gasteiger partial charge in [0.15, 0.2) is 11.5 Å². The molecule has 0 atom stereocenters. The van der Waals surface area contributed by atoms with Gasteiger partial charge >= 0.3 is 0 Å². The van der Waals surface area contributed by atoms with Crippen molar-refractivity contribution in [2.75, 3.05) is 7.05 Å². The van der Waals surface area contributed by atoms with Crippen LogP contribution in [0.3, 0.4) is 0 Å². The Morgan fingerprint density at radius 2 is 1.81 bits per heavy atom. The lowest BCUT2D eigenvalue weighted by molar-refractivity contribution is 0.0775. The normalized spacial score (nSPS) is 10.7. The summed E-state index contributed by atoms with van der Waals surface area (Å²) in [4.78, 5) is 15.4. The molecule has 0 N–H and O–H groups in total. The Hall–Kier alpha value is -3.18. The molecule has 4 rings (SSSR count). The second kappa shape index (κ2) is 7.60. The second-order valence-corrected chi connectivity index (χ2v) is 7.19. The lowest BCUT2D eigenvalue weighted by Crippen LogP contribution is -2.26. The molecule has 0 aliphatic carbocycles. The summed E-state index contributed by atoms with van der Waals surface area (Å²) < 4.78 is 5.34. The molecule has 2 aromatic heterocycles. The van der Waals surface area contributed by atoms with Crippen molar-refractivity contribution >= 4 is 17.2 Å². The number of hydrogen-bond donors (Lipinski definition) is 0. The van der Waals surface area contributed by atoms with Crippen LogP contribution in [0.1, 0.15) is 16.1 Å². The van der Waals surface area contributed by atoms with Crippen molar-refractivity contribution in [1.29, 1.82) is 0 Å². The van der Waals surface area contributed by atoms with Crippen LogP contribution in [0.4, 0.5) is 0 Å². The average Bonchev–Trinajstić information content (AvgIpc) is 3.40. The van der Waals surface area contributed by atoms with Gasteiger partial charge in [0.05, 0.1) is 4.88 Å². The average molecular weight is 374 g/mol. The highest BCUT2D eigenvalue weighted by Gasteiger charge is 2.19. The molecule has 0 radical (unpaired) electrons. The molecule has 0 bridgehead atoms. The molecule has 0 spiro atoms. The fourth-order valence-electron chi connectivity index (χ4n) is 2.99. The molecule has 4 nitrogen and oxygen atoms in total. The van der Waals surface area contributed by atoms with Crippen molar-refractivity contribution in [3.63, 3.8) is 0 Å². The molecular formula is C22H18N2O2S. The summed E-state index contributed by atoms with van der Waals surface area (Å²) >= 11 is 1.55. The molecule has 1 amide bonds. The Balaban J connectivity index is 1.55. The van der Waals surface area contributed by atoms with Crippen molar-refractivity contribution in [3.05, 3.63) is 89.4 Å². The minimum Gasteiger partial charge on any atom is -0.355 e. The van der Waals surface area contributed by atoms with Crippen LogP contribution in [0.2, 0.25) is 0 Å². The Kier molecular flexibility index (Phi) is 4.85. The highest BCUT2D eigenvalue weighted by molar-refractivity contribution is 7.13. The largest absolute Gasteiger partial charge is 0.355 e. The molecule has 5 heteroatoms. The van der Waals surface area contributed by atoms with E-state index < -0.39 is 0 Å². The van der Waals surface area contributed by atoms with E-state index in [9.17, 15) is 4.79 Å². The van der Waals surface area contributed by atoms with Gasteiger partial charge < -0.3 is 9.42 Å². The molecule has 0 unspecified atom stereocenters. The van der Waals surface area contributed by atoms with Crippen molar-refractivity contribution in [2.24, 2.45) is 0 Å². The first-order chi connectivity index (χ1) is 13.2. The highest BCUT2D eigenvalue weighted by Crippen LogP contribution is 2.27. The first-order valence-corrected chi connectivity index (χ1v) is 9.50. The Labute approximate surface area is 161 Å². The second-order valence-electron chi connectivity index (χ2n) is 6.24. The van der Waals surface area contributed by atoms with E-state index in [1.54, 1.807) is 29.4 Å². The quantitative estimate of drug-likeness (QED) is 0.473. The Morgan fingerprint density at radius 3 is 2.59 bits per heavy atom. The van der Waals surface area contributed by atoms with Crippen LogP contribution in [-0.4, -0.2) is 23.0 Å². The lowest BCUT2D eigenvalue weighted by Gasteiger charge is -2.18. The molecule has 0 aliphatic heterocycles. The van der Waals surface area contributed by atoms with Gasteiger partial charge in [0, 0.05) is 19.7 Å². The maximum absolute atomic E-state index is 12.8. The number of hydrogen-bond acceptors (Lipinski definition) is 4. The molecular weight excluding hydrogens is 356 g/mol. The SMILES string of the molecule is CN(Cc1ccccc1-c1ccccc1)C(=O)c1cc(-c2cccs2)on1. The molecule has 0 saturated heterocycles. The van der Waals surface area contributed by atoms with Crippen molar-refractivity contribution in [3.8, 4) is 21.8 Å². The number of thiophene rings is 1. The maximum atomic E-state index is 12.8. The van der Waals surface area contributed by atoms with E-state index in [0.717, 1.165) is 21.6 Å². The standard InChI is InChI=1S/C22H18N2O2S/c1-24(22(25)19-14-20(26-23-19)21-12-7-13-27-21)15-17-10-5-6-11-18(17)16-8-3-2-4-9-16/h2-14H,15H2,1H3. The van der Waals surface area contributed by atoms with Crippen LogP contribution in [0, 0.1) is 0 Å². The van der Waals surface area contributed by atoms with E-state index in [1.807, 2.05) is 53.9 Å². The first kappa shape index (κ1) is 17.2.